The van der Waals surface area contributed by atoms with Gasteiger partial charge in [-0.05, 0) is 56.1 Å². The van der Waals surface area contributed by atoms with Gasteiger partial charge in [0, 0.05) is 12.6 Å². The molecule has 1 fully saturated rings. The molecule has 0 radical (unpaired) electrons. The molecule has 0 spiro atoms. The van der Waals surface area contributed by atoms with E-state index in [0.717, 1.165) is 56.7 Å². The predicted octanol–water partition coefficient (Wildman–Crippen LogP) is 3.68. The van der Waals surface area contributed by atoms with Crippen molar-refractivity contribution < 1.29 is 23.1 Å². The Hall–Kier alpha value is -1.60. The first kappa shape index (κ1) is 20.7. The normalized spacial score (nSPS) is 18.2. The Kier molecular flexibility index (Phi) is 7.06. The van der Waals surface area contributed by atoms with Crippen LogP contribution in [0.3, 0.4) is 0 Å². The molecule has 146 valence electrons. The molecule has 0 saturated carbocycles. The van der Waals surface area contributed by atoms with Crippen LogP contribution in [0, 0.1) is 0 Å². The minimum Gasteiger partial charge on any atom is -0.480 e. The van der Waals surface area contributed by atoms with E-state index in [1.165, 1.54) is 0 Å². The summed E-state index contributed by atoms with van der Waals surface area (Å²) in [6, 6.07) is 5.69. The first-order valence-corrected chi connectivity index (χ1v) is 9.06. The molecule has 1 unspecified atom stereocenters. The average Bonchev–Trinajstić information content (AvgIpc) is 2.59. The number of benzene rings is 1. The van der Waals surface area contributed by atoms with E-state index in [2.05, 4.69) is 4.90 Å². The third-order valence-corrected chi connectivity index (χ3v) is 5.16. The van der Waals surface area contributed by atoms with Gasteiger partial charge in [0.25, 0.3) is 0 Å². The van der Waals surface area contributed by atoms with Crippen molar-refractivity contribution in [1.82, 2.24) is 9.80 Å². The zero-order valence-corrected chi connectivity index (χ0v) is 15.3. The first-order chi connectivity index (χ1) is 12.2. The Morgan fingerprint density at radius 2 is 1.85 bits per heavy atom. The van der Waals surface area contributed by atoms with Crippen molar-refractivity contribution in [2.24, 2.45) is 0 Å². The molecular formula is C19H27F3N2O2. The van der Waals surface area contributed by atoms with Gasteiger partial charge in [-0.1, -0.05) is 26.0 Å². The number of likely N-dealkylation sites (tertiary alicyclic amines) is 1. The van der Waals surface area contributed by atoms with Gasteiger partial charge in [0.05, 0.1) is 12.1 Å². The number of likely N-dealkylation sites (N-methyl/N-ethyl adjacent to an activating group) is 1. The van der Waals surface area contributed by atoms with Gasteiger partial charge in [-0.15, -0.1) is 0 Å². The number of halogens is 3. The van der Waals surface area contributed by atoms with Crippen molar-refractivity contribution in [1.29, 1.82) is 0 Å². The summed E-state index contributed by atoms with van der Waals surface area (Å²) in [7, 11) is 0. The molecule has 1 heterocycles. The average molecular weight is 372 g/mol. The van der Waals surface area contributed by atoms with E-state index in [1.54, 1.807) is 12.1 Å². The van der Waals surface area contributed by atoms with Gasteiger partial charge < -0.3 is 10.0 Å². The van der Waals surface area contributed by atoms with E-state index < -0.39 is 17.7 Å². The molecule has 1 aliphatic heterocycles. The summed E-state index contributed by atoms with van der Waals surface area (Å²) in [5, 5.41) is 8.99. The van der Waals surface area contributed by atoms with Crippen LogP contribution in [0.1, 0.15) is 43.7 Å². The number of alkyl halides is 3. The van der Waals surface area contributed by atoms with Crippen LogP contribution in [0.4, 0.5) is 13.2 Å². The minimum absolute atomic E-state index is 0.0725. The van der Waals surface area contributed by atoms with E-state index in [0.29, 0.717) is 0 Å². The van der Waals surface area contributed by atoms with Crippen molar-refractivity contribution in [3.8, 4) is 0 Å². The highest BCUT2D eigenvalue weighted by atomic mass is 19.4. The summed E-state index contributed by atoms with van der Waals surface area (Å²) < 4.78 is 38.0. The van der Waals surface area contributed by atoms with Crippen LogP contribution in [0.5, 0.6) is 0 Å². The van der Waals surface area contributed by atoms with Crippen molar-refractivity contribution in [3.05, 3.63) is 35.4 Å². The minimum atomic E-state index is -4.30. The molecule has 1 N–H and O–H groups in total. The number of carbonyl (C=O) groups is 1. The quantitative estimate of drug-likeness (QED) is 0.793. The van der Waals surface area contributed by atoms with Gasteiger partial charge in [0.15, 0.2) is 0 Å². The van der Waals surface area contributed by atoms with E-state index >= 15 is 0 Å². The zero-order chi connectivity index (χ0) is 19.3. The molecule has 1 saturated heterocycles. The monoisotopic (exact) mass is 372 g/mol. The number of rotatable bonds is 7. The SMILES string of the molecule is CCN(CC(=O)O)C1CCN(CC(C)c2ccc(C(F)(F)F)cc2)CC1. The van der Waals surface area contributed by atoms with Crippen LogP contribution in [-0.4, -0.2) is 59.6 Å². The summed E-state index contributed by atoms with van der Waals surface area (Å²) >= 11 is 0. The van der Waals surface area contributed by atoms with Crippen LogP contribution in [-0.2, 0) is 11.0 Å². The molecule has 26 heavy (non-hydrogen) atoms. The van der Waals surface area contributed by atoms with Crippen LogP contribution in [0.25, 0.3) is 0 Å². The second-order valence-electron chi connectivity index (χ2n) is 7.01. The molecular weight excluding hydrogens is 345 g/mol. The maximum Gasteiger partial charge on any atom is 0.416 e. The number of piperidine rings is 1. The Bertz CT molecular complexity index is 581. The fourth-order valence-corrected chi connectivity index (χ4v) is 3.63. The predicted molar refractivity (Wildman–Crippen MR) is 94.2 cm³/mol. The number of hydrogen-bond acceptors (Lipinski definition) is 3. The Morgan fingerprint density at radius 3 is 2.31 bits per heavy atom. The van der Waals surface area contributed by atoms with E-state index in [-0.39, 0.29) is 18.5 Å². The van der Waals surface area contributed by atoms with Gasteiger partial charge in [0.1, 0.15) is 0 Å². The largest absolute Gasteiger partial charge is 0.480 e. The van der Waals surface area contributed by atoms with Crippen molar-refractivity contribution in [2.45, 2.75) is 44.8 Å². The summed E-state index contributed by atoms with van der Waals surface area (Å²) in [5.74, 6) is -0.652. The molecule has 4 nitrogen and oxygen atoms in total. The number of hydrogen-bond donors (Lipinski definition) is 1. The van der Waals surface area contributed by atoms with E-state index in [1.807, 2.05) is 18.7 Å². The number of aliphatic carboxylic acids is 1. The molecule has 0 bridgehead atoms. The van der Waals surface area contributed by atoms with Crippen molar-refractivity contribution >= 4 is 5.97 Å². The Balaban J connectivity index is 1.86. The van der Waals surface area contributed by atoms with E-state index in [9.17, 15) is 18.0 Å². The highest BCUT2D eigenvalue weighted by Gasteiger charge is 2.30. The second-order valence-corrected chi connectivity index (χ2v) is 7.01. The van der Waals surface area contributed by atoms with Crippen LogP contribution in [0.2, 0.25) is 0 Å². The first-order valence-electron chi connectivity index (χ1n) is 9.06. The molecule has 1 aromatic rings. The molecule has 1 atom stereocenters. The highest BCUT2D eigenvalue weighted by Crippen LogP contribution is 2.30. The Labute approximate surface area is 152 Å². The van der Waals surface area contributed by atoms with Gasteiger partial charge >= 0.3 is 12.1 Å². The lowest BCUT2D eigenvalue weighted by atomic mass is 9.97. The maximum absolute atomic E-state index is 12.7. The lowest BCUT2D eigenvalue weighted by Crippen LogP contribution is -2.47. The zero-order valence-electron chi connectivity index (χ0n) is 15.3. The summed E-state index contributed by atoms with van der Waals surface area (Å²) in [6.07, 6.45) is -2.47. The molecule has 0 amide bonds. The van der Waals surface area contributed by atoms with E-state index in [4.69, 9.17) is 5.11 Å². The number of carboxylic acid groups (broad SMARTS) is 1. The number of nitrogens with zero attached hydrogens (tertiary/aromatic N) is 2. The molecule has 7 heteroatoms. The summed E-state index contributed by atoms with van der Waals surface area (Å²) in [5.41, 5.74) is 0.286. The topological polar surface area (TPSA) is 43.8 Å². The highest BCUT2D eigenvalue weighted by molar-refractivity contribution is 5.69. The molecule has 0 aromatic heterocycles. The van der Waals surface area contributed by atoms with Crippen LogP contribution >= 0.6 is 0 Å². The third-order valence-electron chi connectivity index (χ3n) is 5.16. The lowest BCUT2D eigenvalue weighted by Gasteiger charge is -2.38. The molecule has 1 aliphatic rings. The summed E-state index contributed by atoms with van der Waals surface area (Å²) in [4.78, 5) is 15.3. The van der Waals surface area contributed by atoms with Crippen molar-refractivity contribution in [2.75, 3.05) is 32.7 Å². The van der Waals surface area contributed by atoms with Crippen LogP contribution < -0.4 is 0 Å². The van der Waals surface area contributed by atoms with Gasteiger partial charge in [-0.25, -0.2) is 0 Å². The fraction of sp³-hybridized carbons (Fsp3) is 0.632. The van der Waals surface area contributed by atoms with Gasteiger partial charge in [-0.2, -0.15) is 13.2 Å². The third kappa shape index (κ3) is 5.71. The Morgan fingerprint density at radius 1 is 1.27 bits per heavy atom. The lowest BCUT2D eigenvalue weighted by molar-refractivity contribution is -0.139. The van der Waals surface area contributed by atoms with Gasteiger partial charge in [-0.3, -0.25) is 9.69 Å². The summed E-state index contributed by atoms with van der Waals surface area (Å²) in [6.45, 7) is 7.35. The smallest absolute Gasteiger partial charge is 0.416 e. The van der Waals surface area contributed by atoms with Crippen LogP contribution in [0.15, 0.2) is 24.3 Å². The molecule has 2 rings (SSSR count). The fourth-order valence-electron chi connectivity index (χ4n) is 3.63. The maximum atomic E-state index is 12.7. The standard InChI is InChI=1S/C19H27F3N2O2/c1-3-24(13-18(25)26)17-8-10-23(11-9-17)12-14(2)15-4-6-16(7-5-15)19(20,21)22/h4-7,14,17H,3,8-13H2,1-2H3,(H,25,26). The second kappa shape index (κ2) is 8.86. The van der Waals surface area contributed by atoms with Gasteiger partial charge in [0.2, 0.25) is 0 Å². The molecule has 0 aliphatic carbocycles. The molecule has 1 aromatic carbocycles. The number of carboxylic acids is 1. The van der Waals surface area contributed by atoms with Crippen molar-refractivity contribution in [3.63, 3.8) is 0 Å².